The second-order valence-electron chi connectivity index (χ2n) is 9.41. The third-order valence-electron chi connectivity index (χ3n) is 6.96. The minimum Gasteiger partial charge on any atom is -0.504 e. The van der Waals surface area contributed by atoms with Crippen molar-refractivity contribution in [1.82, 2.24) is 14.9 Å². The van der Waals surface area contributed by atoms with Crippen LogP contribution in [0.15, 0.2) is 23.0 Å². The number of halogens is 1. The van der Waals surface area contributed by atoms with Crippen molar-refractivity contribution in [3.05, 3.63) is 45.4 Å². The van der Waals surface area contributed by atoms with Gasteiger partial charge in [0, 0.05) is 41.3 Å². The van der Waals surface area contributed by atoms with Gasteiger partial charge in [-0.25, -0.2) is 4.79 Å². The molecule has 0 atom stereocenters. The molecule has 1 aromatic carbocycles. The van der Waals surface area contributed by atoms with E-state index in [-0.39, 0.29) is 12.4 Å². The lowest BCUT2D eigenvalue weighted by atomic mass is 9.99. The number of aromatic amines is 1. The highest BCUT2D eigenvalue weighted by Crippen LogP contribution is 2.40. The fraction of sp³-hybridized carbons (Fsp3) is 0.481. The molecular formula is C27H36ClN3O5. The Balaban J connectivity index is 0.00000361. The molecule has 0 amide bonds. The molecule has 8 nitrogen and oxygen atoms in total. The van der Waals surface area contributed by atoms with Crippen molar-refractivity contribution in [3.63, 3.8) is 0 Å². The van der Waals surface area contributed by atoms with Gasteiger partial charge in [-0.15, -0.1) is 12.4 Å². The quantitative estimate of drug-likeness (QED) is 0.204. The van der Waals surface area contributed by atoms with Gasteiger partial charge in [-0.05, 0) is 56.0 Å². The largest absolute Gasteiger partial charge is 0.511 e. The van der Waals surface area contributed by atoms with Gasteiger partial charge in [-0.3, -0.25) is 4.79 Å². The second-order valence-corrected chi connectivity index (χ2v) is 9.41. The Bertz CT molecular complexity index is 1280. The molecule has 1 aliphatic carbocycles. The average molecular weight is 518 g/mol. The summed E-state index contributed by atoms with van der Waals surface area (Å²) in [6.45, 7) is 4.02. The maximum Gasteiger partial charge on any atom is 0.511 e. The maximum absolute atomic E-state index is 12.5. The van der Waals surface area contributed by atoms with Crippen LogP contribution in [-0.2, 0) is 26.4 Å². The van der Waals surface area contributed by atoms with E-state index in [4.69, 9.17) is 5.11 Å². The van der Waals surface area contributed by atoms with Crippen molar-refractivity contribution < 1.29 is 19.7 Å². The number of ether oxygens (including phenoxy) is 1. The summed E-state index contributed by atoms with van der Waals surface area (Å²) < 4.78 is 6.76. The summed E-state index contributed by atoms with van der Waals surface area (Å²) in [6, 6.07) is 6.38. The standard InChI is InChI=1S/C27H35N3O5.ClH/c1-3-4-5-6-7-8-12-28-16-19-13-18-14-21-17(15-22(18)30(19)2)10-9-11-20-23(21)29-26(32)25(24(20)31)35-27(33)34;/h13-15,28H,3-12,16H2,1-2H3,(H,33,34)(H2,29,31,32);1H. The van der Waals surface area contributed by atoms with E-state index in [0.717, 1.165) is 48.0 Å². The Labute approximate surface area is 217 Å². The van der Waals surface area contributed by atoms with E-state index >= 15 is 0 Å². The van der Waals surface area contributed by atoms with Crippen LogP contribution in [0.1, 0.15) is 68.7 Å². The first-order valence-corrected chi connectivity index (χ1v) is 12.6. The summed E-state index contributed by atoms with van der Waals surface area (Å²) in [5, 5.41) is 24.2. The number of nitrogens with zero attached hydrogens (tertiary/aromatic N) is 1. The lowest BCUT2D eigenvalue weighted by Crippen LogP contribution is -2.17. The maximum atomic E-state index is 12.5. The second kappa shape index (κ2) is 12.3. The topological polar surface area (TPSA) is 117 Å². The number of H-pyrrole nitrogens is 1. The highest BCUT2D eigenvalue weighted by atomic mass is 35.5. The summed E-state index contributed by atoms with van der Waals surface area (Å²) in [5.74, 6) is -0.967. The molecule has 1 aliphatic rings. The Morgan fingerprint density at radius 1 is 1.14 bits per heavy atom. The molecule has 3 aromatic rings. The molecular weight excluding hydrogens is 482 g/mol. The molecule has 36 heavy (non-hydrogen) atoms. The number of fused-ring (bicyclic) bond motifs is 4. The molecule has 0 fully saturated rings. The summed E-state index contributed by atoms with van der Waals surface area (Å²) in [5.41, 5.74) is 4.54. The molecule has 0 spiro atoms. The number of hydrogen-bond donors (Lipinski definition) is 4. The fourth-order valence-corrected chi connectivity index (χ4v) is 5.06. The Morgan fingerprint density at radius 2 is 1.89 bits per heavy atom. The molecule has 2 aromatic heterocycles. The van der Waals surface area contributed by atoms with Crippen LogP contribution in [0, 0.1) is 0 Å². The summed E-state index contributed by atoms with van der Waals surface area (Å²) in [7, 11) is 2.07. The van der Waals surface area contributed by atoms with E-state index in [1.165, 1.54) is 44.2 Å². The van der Waals surface area contributed by atoms with Gasteiger partial charge >= 0.3 is 6.16 Å². The van der Waals surface area contributed by atoms with Gasteiger partial charge in [-0.2, -0.15) is 0 Å². The van der Waals surface area contributed by atoms with Crippen LogP contribution in [-0.4, -0.2) is 32.5 Å². The summed E-state index contributed by atoms with van der Waals surface area (Å²) in [6.07, 6.45) is 8.08. The highest BCUT2D eigenvalue weighted by Gasteiger charge is 2.25. The lowest BCUT2D eigenvalue weighted by Gasteiger charge is -2.13. The van der Waals surface area contributed by atoms with Crippen molar-refractivity contribution in [2.45, 2.75) is 71.3 Å². The Morgan fingerprint density at radius 3 is 2.64 bits per heavy atom. The van der Waals surface area contributed by atoms with Gasteiger partial charge in [0.05, 0.1) is 5.69 Å². The van der Waals surface area contributed by atoms with Gasteiger partial charge in [0.1, 0.15) is 0 Å². The smallest absolute Gasteiger partial charge is 0.504 e. The van der Waals surface area contributed by atoms with Crippen LogP contribution in [0.25, 0.3) is 22.2 Å². The molecule has 0 radical (unpaired) electrons. The van der Waals surface area contributed by atoms with Gasteiger partial charge in [0.15, 0.2) is 5.75 Å². The molecule has 196 valence electrons. The van der Waals surface area contributed by atoms with E-state index in [1.807, 2.05) is 0 Å². The minimum atomic E-state index is -1.64. The van der Waals surface area contributed by atoms with Gasteiger partial charge in [-0.1, -0.05) is 39.0 Å². The number of unbranched alkanes of at least 4 members (excludes halogenated alkanes) is 5. The van der Waals surface area contributed by atoms with Crippen LogP contribution in [0.4, 0.5) is 4.79 Å². The lowest BCUT2D eigenvalue weighted by molar-refractivity contribution is 0.142. The predicted octanol–water partition coefficient (Wildman–Crippen LogP) is 5.66. The van der Waals surface area contributed by atoms with Crippen LogP contribution >= 0.6 is 12.4 Å². The number of rotatable bonds is 10. The number of nitrogens with one attached hydrogen (secondary N) is 2. The molecule has 0 unspecified atom stereocenters. The first kappa shape index (κ1) is 27.6. The molecule has 4 N–H and O–H groups in total. The zero-order valence-corrected chi connectivity index (χ0v) is 21.8. The number of carbonyl (C=O) groups is 1. The molecule has 0 saturated carbocycles. The zero-order chi connectivity index (χ0) is 24.9. The molecule has 0 aliphatic heterocycles. The first-order valence-electron chi connectivity index (χ1n) is 12.6. The third-order valence-corrected chi connectivity index (χ3v) is 6.96. The monoisotopic (exact) mass is 517 g/mol. The Hall–Kier alpha value is -2.97. The van der Waals surface area contributed by atoms with E-state index in [2.05, 4.69) is 51.8 Å². The number of aromatic nitrogens is 2. The summed E-state index contributed by atoms with van der Waals surface area (Å²) >= 11 is 0. The van der Waals surface area contributed by atoms with E-state index < -0.39 is 23.2 Å². The van der Waals surface area contributed by atoms with E-state index in [9.17, 15) is 14.7 Å². The molecule has 2 heterocycles. The van der Waals surface area contributed by atoms with E-state index in [0.29, 0.717) is 17.7 Å². The van der Waals surface area contributed by atoms with Crippen molar-refractivity contribution >= 4 is 29.5 Å². The summed E-state index contributed by atoms with van der Waals surface area (Å²) in [4.78, 5) is 26.2. The third kappa shape index (κ3) is 5.87. The van der Waals surface area contributed by atoms with Gasteiger partial charge in [0.2, 0.25) is 5.75 Å². The number of aryl methyl sites for hydroxylation is 2. The zero-order valence-electron chi connectivity index (χ0n) is 21.0. The predicted molar refractivity (Wildman–Crippen MR) is 144 cm³/mol. The first-order chi connectivity index (χ1) is 16.9. The molecule has 0 bridgehead atoms. The van der Waals surface area contributed by atoms with Crippen molar-refractivity contribution in [1.29, 1.82) is 0 Å². The van der Waals surface area contributed by atoms with Crippen LogP contribution in [0.5, 0.6) is 11.5 Å². The molecule has 9 heteroatoms. The van der Waals surface area contributed by atoms with Crippen molar-refractivity contribution in [3.8, 4) is 22.8 Å². The fourth-order valence-electron chi connectivity index (χ4n) is 5.06. The number of aromatic hydroxyl groups is 1. The SMILES string of the molecule is CCCCCCCCNCc1cc2cc3c(cc2n1C)CCCc1c-3[nH]c(=O)c(OC(=O)O)c1O.Cl. The minimum absolute atomic E-state index is 0. The normalized spacial score (nSPS) is 12.5. The number of benzene rings is 1. The van der Waals surface area contributed by atoms with Crippen molar-refractivity contribution in [2.75, 3.05) is 6.54 Å². The van der Waals surface area contributed by atoms with Crippen LogP contribution in [0.3, 0.4) is 0 Å². The molecule has 4 rings (SSSR count). The Kier molecular flexibility index (Phi) is 9.45. The van der Waals surface area contributed by atoms with Crippen LogP contribution < -0.4 is 15.6 Å². The van der Waals surface area contributed by atoms with Gasteiger partial charge < -0.3 is 29.8 Å². The number of pyridine rings is 1. The highest BCUT2D eigenvalue weighted by molar-refractivity contribution is 5.89. The number of hydrogen-bond acceptors (Lipinski definition) is 5. The number of carboxylic acid groups (broad SMARTS) is 1. The molecule has 0 saturated heterocycles. The average Bonchev–Trinajstić information content (AvgIpc) is 3.01. The van der Waals surface area contributed by atoms with Crippen LogP contribution in [0.2, 0.25) is 0 Å². The van der Waals surface area contributed by atoms with Gasteiger partial charge in [0.25, 0.3) is 5.56 Å². The van der Waals surface area contributed by atoms with E-state index in [1.54, 1.807) is 0 Å². The van der Waals surface area contributed by atoms with Crippen molar-refractivity contribution in [2.24, 2.45) is 7.05 Å².